The molecule has 1 aliphatic rings. The van der Waals surface area contributed by atoms with Gasteiger partial charge in [-0.1, -0.05) is 0 Å². The number of quaternary nitrogens is 1. The Labute approximate surface area is 170 Å². The van der Waals surface area contributed by atoms with E-state index in [1.807, 2.05) is 0 Å². The maximum Gasteiger partial charge on any atom is 0.478 e. The molecule has 172 valence electrons. The number of hydrogen-bond donors (Lipinski definition) is 5. The lowest BCUT2D eigenvalue weighted by atomic mass is 10.1. The molecule has 0 spiro atoms. The summed E-state index contributed by atoms with van der Waals surface area (Å²) in [6, 6.07) is 1.25. The molecule has 0 saturated carbocycles. The minimum absolute atomic E-state index is 0.0729. The average Bonchev–Trinajstić information content (AvgIpc) is 2.87. The van der Waals surface area contributed by atoms with Crippen molar-refractivity contribution in [3.05, 3.63) is 22.7 Å². The molecule has 0 aliphatic carbocycles. The molecule has 2 heterocycles. The van der Waals surface area contributed by atoms with E-state index in [0.29, 0.717) is 6.54 Å². The Morgan fingerprint density at radius 2 is 2.00 bits per heavy atom. The highest BCUT2D eigenvalue weighted by atomic mass is 31.3. The zero-order valence-corrected chi connectivity index (χ0v) is 17.8. The van der Waals surface area contributed by atoms with E-state index in [9.17, 15) is 33.9 Å². The van der Waals surface area contributed by atoms with E-state index in [4.69, 9.17) is 10.5 Å². The molecule has 6 atom stereocenters. The molecule has 1 aromatic rings. The van der Waals surface area contributed by atoms with Crippen LogP contribution in [0.2, 0.25) is 0 Å². The highest BCUT2D eigenvalue weighted by molar-refractivity contribution is 7.60. The molecule has 30 heavy (non-hydrogen) atoms. The molecule has 0 radical (unpaired) electrons. The lowest BCUT2D eigenvalue weighted by Crippen LogP contribution is -3.06. The van der Waals surface area contributed by atoms with E-state index in [1.54, 1.807) is 14.1 Å². The number of phosphoric ester groups is 2. The number of nitrogens with zero attached hydrogens (tertiary/aromatic N) is 2. The van der Waals surface area contributed by atoms with Gasteiger partial charge in [0, 0.05) is 6.20 Å². The first kappa shape index (κ1) is 25.0. The number of aliphatic hydroxyl groups is 2. The summed E-state index contributed by atoms with van der Waals surface area (Å²) in [5, 5.41) is 20.2. The lowest BCUT2D eigenvalue weighted by molar-refractivity contribution is -0.858. The van der Waals surface area contributed by atoms with E-state index in [2.05, 4.69) is 18.3 Å². The molecule has 2 rings (SSSR count). The van der Waals surface area contributed by atoms with Gasteiger partial charge in [-0.25, -0.2) is 13.7 Å². The van der Waals surface area contributed by atoms with Gasteiger partial charge >= 0.3 is 13.5 Å². The number of nitrogen functional groups attached to an aromatic ring is 1. The molecule has 6 N–H and O–H groups in total. The molecular weight excluding hydrogens is 450 g/mol. The van der Waals surface area contributed by atoms with Gasteiger partial charge in [0.25, 0.3) is 7.82 Å². The number of nitrogens with two attached hydrogens (primary N) is 1. The van der Waals surface area contributed by atoms with Crippen molar-refractivity contribution in [2.75, 3.05) is 39.6 Å². The summed E-state index contributed by atoms with van der Waals surface area (Å²) in [6.45, 7) is -0.827. The second-order valence-corrected chi connectivity index (χ2v) is 9.67. The van der Waals surface area contributed by atoms with Crippen LogP contribution >= 0.6 is 15.6 Å². The van der Waals surface area contributed by atoms with Crippen molar-refractivity contribution in [1.29, 1.82) is 0 Å². The summed E-state index contributed by atoms with van der Waals surface area (Å²) in [5.74, 6) is -0.0729. The molecule has 15 nitrogen and oxygen atoms in total. The first-order valence-corrected chi connectivity index (χ1v) is 11.6. The predicted octanol–water partition coefficient (Wildman–Crippen LogP) is -3.79. The number of anilines is 1. The summed E-state index contributed by atoms with van der Waals surface area (Å²) >= 11 is 0. The molecule has 0 amide bonds. The van der Waals surface area contributed by atoms with Crippen molar-refractivity contribution in [2.24, 2.45) is 0 Å². The molecule has 1 saturated heterocycles. The fraction of sp³-hybridized carbons (Fsp3) is 0.692. The van der Waals surface area contributed by atoms with Gasteiger partial charge in [-0.3, -0.25) is 13.7 Å². The summed E-state index contributed by atoms with van der Waals surface area (Å²) in [7, 11) is -6.82. The third kappa shape index (κ3) is 6.90. The van der Waals surface area contributed by atoms with Crippen molar-refractivity contribution in [2.45, 2.75) is 24.5 Å². The fourth-order valence-electron chi connectivity index (χ4n) is 2.42. The number of aliphatic hydroxyl groups excluding tert-OH is 2. The average molecular weight is 474 g/mol. The summed E-state index contributed by atoms with van der Waals surface area (Å²) < 4.78 is 42.7. The highest BCUT2D eigenvalue weighted by Gasteiger charge is 2.45. The normalized spacial score (nSPS) is 28.4. The highest BCUT2D eigenvalue weighted by Crippen LogP contribution is 2.58. The van der Waals surface area contributed by atoms with Crippen molar-refractivity contribution in [3.63, 3.8) is 0 Å². The predicted molar refractivity (Wildman–Crippen MR) is 96.9 cm³/mol. The second-order valence-electron chi connectivity index (χ2n) is 6.67. The van der Waals surface area contributed by atoms with E-state index < -0.39 is 52.5 Å². The fourth-order valence-corrected chi connectivity index (χ4v) is 4.46. The maximum absolute atomic E-state index is 11.9. The second kappa shape index (κ2) is 9.94. The smallest absolute Gasteiger partial charge is 0.478 e. The molecule has 17 heteroatoms. The number of ether oxygens (including phenoxy) is 1. The number of nitrogens with one attached hydrogen (secondary N) is 1. The topological polar surface area (TPSA) is 220 Å². The zero-order valence-electron chi connectivity index (χ0n) is 16.1. The number of phosphoric acid groups is 2. The Morgan fingerprint density at radius 3 is 2.60 bits per heavy atom. The standard InChI is InChI=1S/C13H24N4O11P2/c1-16(2)5-6-25-29(21,22)28-30(23,24)26-7-8-10(18)11(19)12(27-8)17-4-3-9(14)15-13(17)20/h3-4,8,10-12,18-19H,5-7H2,1-2H3,(H,21,22)(H,23,24)(H2,14,15,20). The van der Waals surface area contributed by atoms with Gasteiger partial charge in [-0.05, 0) is 6.07 Å². The lowest BCUT2D eigenvalue weighted by Gasteiger charge is -2.26. The van der Waals surface area contributed by atoms with Crippen LogP contribution in [0.25, 0.3) is 0 Å². The largest absolute Gasteiger partial charge is 0.756 e. The first-order chi connectivity index (χ1) is 13.8. The molecule has 1 fully saturated rings. The van der Waals surface area contributed by atoms with Gasteiger partial charge in [0.05, 0.1) is 20.7 Å². The third-order valence-corrected chi connectivity index (χ3v) is 6.52. The van der Waals surface area contributed by atoms with Crippen LogP contribution in [0.5, 0.6) is 0 Å². The van der Waals surface area contributed by atoms with Crippen molar-refractivity contribution >= 4 is 21.5 Å². The minimum Gasteiger partial charge on any atom is -0.756 e. The Balaban J connectivity index is 1.96. The van der Waals surface area contributed by atoms with Gasteiger partial charge in [0.1, 0.15) is 37.3 Å². The van der Waals surface area contributed by atoms with E-state index >= 15 is 0 Å². The molecule has 0 bridgehead atoms. The van der Waals surface area contributed by atoms with Crippen LogP contribution in [0.1, 0.15) is 6.23 Å². The van der Waals surface area contributed by atoms with Crippen LogP contribution in [-0.4, -0.2) is 76.8 Å². The molecular formula is C13H24N4O11P2. The Bertz CT molecular complexity index is 881. The van der Waals surface area contributed by atoms with Gasteiger partial charge in [-0.2, -0.15) is 4.98 Å². The SMILES string of the molecule is C[NH+](C)CCOP(=O)(O)OP(=O)([O-])OCC1OC(n2ccc(N)nc2=O)C(O)C1O. The zero-order chi connectivity index (χ0) is 22.7. The van der Waals surface area contributed by atoms with Crippen LogP contribution in [-0.2, 0) is 27.2 Å². The van der Waals surface area contributed by atoms with Gasteiger partial charge in [-0.15, -0.1) is 0 Å². The third-order valence-electron chi connectivity index (χ3n) is 3.92. The quantitative estimate of drug-likeness (QED) is 0.206. The van der Waals surface area contributed by atoms with Gasteiger partial charge in [0.2, 0.25) is 0 Å². The van der Waals surface area contributed by atoms with Crippen LogP contribution in [0, 0.1) is 0 Å². The van der Waals surface area contributed by atoms with Crippen molar-refractivity contribution in [1.82, 2.24) is 9.55 Å². The Morgan fingerprint density at radius 1 is 1.33 bits per heavy atom. The van der Waals surface area contributed by atoms with Crippen LogP contribution in [0.4, 0.5) is 5.82 Å². The summed E-state index contributed by atoms with van der Waals surface area (Å²) in [4.78, 5) is 37.5. The van der Waals surface area contributed by atoms with Gasteiger partial charge < -0.3 is 39.9 Å². The Hall–Kier alpha value is -1.22. The van der Waals surface area contributed by atoms with Crippen LogP contribution < -0.4 is 21.2 Å². The van der Waals surface area contributed by atoms with Crippen LogP contribution in [0.15, 0.2) is 17.1 Å². The van der Waals surface area contributed by atoms with Gasteiger partial charge in [0.15, 0.2) is 6.23 Å². The number of likely N-dealkylation sites (N-methyl/N-ethyl adjacent to an activating group) is 1. The molecule has 1 aliphatic heterocycles. The minimum atomic E-state index is -5.35. The van der Waals surface area contributed by atoms with E-state index in [-0.39, 0.29) is 12.4 Å². The van der Waals surface area contributed by atoms with Crippen molar-refractivity contribution < 1.29 is 52.1 Å². The molecule has 6 unspecified atom stereocenters. The number of hydrogen-bond acceptors (Lipinski definition) is 12. The summed E-state index contributed by atoms with van der Waals surface area (Å²) in [6.07, 6.45) is -4.93. The Kier molecular flexibility index (Phi) is 8.29. The molecule has 0 aromatic carbocycles. The number of rotatable bonds is 10. The molecule has 1 aromatic heterocycles. The summed E-state index contributed by atoms with van der Waals surface area (Å²) in [5.41, 5.74) is 4.50. The van der Waals surface area contributed by atoms with Crippen molar-refractivity contribution in [3.8, 4) is 0 Å². The first-order valence-electron chi connectivity index (χ1n) is 8.61. The van der Waals surface area contributed by atoms with Crippen LogP contribution in [0.3, 0.4) is 0 Å². The maximum atomic E-state index is 11.9. The monoisotopic (exact) mass is 474 g/mol. The van der Waals surface area contributed by atoms with E-state index in [0.717, 1.165) is 9.47 Å². The number of aromatic nitrogens is 2. The van der Waals surface area contributed by atoms with E-state index in [1.165, 1.54) is 12.3 Å².